The monoisotopic (exact) mass is 185 g/mol. The van der Waals surface area contributed by atoms with Crippen molar-refractivity contribution in [3.63, 3.8) is 0 Å². The van der Waals surface area contributed by atoms with E-state index < -0.39 is 0 Å². The van der Waals surface area contributed by atoms with E-state index in [1.54, 1.807) is 0 Å². The average molecular weight is 185 g/mol. The van der Waals surface area contributed by atoms with Gasteiger partial charge in [0.15, 0.2) is 0 Å². The molecule has 1 rings (SSSR count). The zero-order valence-electron chi connectivity index (χ0n) is 8.29. The number of hydrogen-bond donors (Lipinski definition) is 1. The van der Waals surface area contributed by atoms with Gasteiger partial charge in [-0.2, -0.15) is 0 Å². The SMILES string of the molecule is CCCC(CN)C(=O)OC1CCC1. The van der Waals surface area contributed by atoms with Crippen molar-refractivity contribution in [1.82, 2.24) is 0 Å². The molecule has 1 saturated carbocycles. The van der Waals surface area contributed by atoms with Crippen molar-refractivity contribution in [2.24, 2.45) is 11.7 Å². The van der Waals surface area contributed by atoms with Crippen molar-refractivity contribution in [3.8, 4) is 0 Å². The van der Waals surface area contributed by atoms with Crippen molar-refractivity contribution >= 4 is 5.97 Å². The normalized spacial score (nSPS) is 19.2. The van der Waals surface area contributed by atoms with Crippen LogP contribution in [0.4, 0.5) is 0 Å². The maximum Gasteiger partial charge on any atom is 0.310 e. The summed E-state index contributed by atoms with van der Waals surface area (Å²) in [5, 5.41) is 0. The lowest BCUT2D eigenvalue weighted by Crippen LogP contribution is -2.32. The third-order valence-electron chi connectivity index (χ3n) is 2.59. The Labute approximate surface area is 79.6 Å². The Kier molecular flexibility index (Phi) is 4.22. The molecule has 0 aromatic rings. The van der Waals surface area contributed by atoms with Gasteiger partial charge < -0.3 is 10.5 Å². The van der Waals surface area contributed by atoms with E-state index in [9.17, 15) is 4.79 Å². The highest BCUT2D eigenvalue weighted by molar-refractivity contribution is 5.72. The van der Waals surface area contributed by atoms with E-state index in [4.69, 9.17) is 10.5 Å². The summed E-state index contributed by atoms with van der Waals surface area (Å²) in [6.45, 7) is 2.47. The number of esters is 1. The van der Waals surface area contributed by atoms with E-state index in [0.717, 1.165) is 25.7 Å². The molecule has 0 amide bonds. The van der Waals surface area contributed by atoms with Crippen LogP contribution in [0.1, 0.15) is 39.0 Å². The van der Waals surface area contributed by atoms with Crippen LogP contribution in [0.25, 0.3) is 0 Å². The summed E-state index contributed by atoms with van der Waals surface area (Å²) in [5.74, 6) is -0.167. The molecule has 3 nitrogen and oxygen atoms in total. The average Bonchev–Trinajstić information content (AvgIpc) is 2.07. The van der Waals surface area contributed by atoms with E-state index in [2.05, 4.69) is 6.92 Å². The second kappa shape index (κ2) is 5.22. The van der Waals surface area contributed by atoms with Gasteiger partial charge in [-0.1, -0.05) is 13.3 Å². The zero-order chi connectivity index (χ0) is 9.68. The largest absolute Gasteiger partial charge is 0.462 e. The van der Waals surface area contributed by atoms with Gasteiger partial charge in [0.05, 0.1) is 5.92 Å². The molecule has 1 fully saturated rings. The number of nitrogens with two attached hydrogens (primary N) is 1. The number of rotatable bonds is 5. The first-order valence-corrected chi connectivity index (χ1v) is 5.18. The van der Waals surface area contributed by atoms with Crippen LogP contribution in [0.5, 0.6) is 0 Å². The lowest BCUT2D eigenvalue weighted by Gasteiger charge is -2.27. The fourth-order valence-corrected chi connectivity index (χ4v) is 1.43. The third-order valence-corrected chi connectivity index (χ3v) is 2.59. The molecule has 0 radical (unpaired) electrons. The molecule has 0 spiro atoms. The smallest absolute Gasteiger partial charge is 0.310 e. The quantitative estimate of drug-likeness (QED) is 0.660. The van der Waals surface area contributed by atoms with E-state index in [1.165, 1.54) is 6.42 Å². The topological polar surface area (TPSA) is 52.3 Å². The lowest BCUT2D eigenvalue weighted by atomic mass is 9.95. The molecule has 2 N–H and O–H groups in total. The Bertz CT molecular complexity index is 166. The fourth-order valence-electron chi connectivity index (χ4n) is 1.43. The first-order chi connectivity index (χ1) is 6.27. The second-order valence-corrected chi connectivity index (χ2v) is 3.71. The molecule has 0 bridgehead atoms. The maximum absolute atomic E-state index is 11.5. The van der Waals surface area contributed by atoms with Crippen molar-refractivity contribution in [1.29, 1.82) is 0 Å². The standard InChI is InChI=1S/C10H19NO2/c1-2-4-8(7-11)10(12)13-9-5-3-6-9/h8-9H,2-7,11H2,1H3. The van der Waals surface area contributed by atoms with Gasteiger partial charge in [-0.05, 0) is 25.7 Å². The molecule has 1 aliphatic carbocycles. The third kappa shape index (κ3) is 2.99. The minimum atomic E-state index is -0.0888. The Balaban J connectivity index is 2.25. The van der Waals surface area contributed by atoms with Crippen LogP contribution in [0.3, 0.4) is 0 Å². The minimum absolute atomic E-state index is 0.0781. The van der Waals surface area contributed by atoms with Gasteiger partial charge in [0, 0.05) is 6.54 Å². The van der Waals surface area contributed by atoms with E-state index in [1.807, 2.05) is 0 Å². The van der Waals surface area contributed by atoms with Crippen LogP contribution in [-0.4, -0.2) is 18.6 Å². The second-order valence-electron chi connectivity index (χ2n) is 3.71. The predicted molar refractivity (Wildman–Crippen MR) is 51.2 cm³/mol. The highest BCUT2D eigenvalue weighted by atomic mass is 16.5. The fraction of sp³-hybridized carbons (Fsp3) is 0.900. The number of ether oxygens (including phenoxy) is 1. The summed E-state index contributed by atoms with van der Waals surface area (Å²) >= 11 is 0. The molecule has 0 aromatic carbocycles. The molecule has 0 saturated heterocycles. The molecular weight excluding hydrogens is 166 g/mol. The molecule has 1 unspecified atom stereocenters. The number of hydrogen-bond acceptors (Lipinski definition) is 3. The van der Waals surface area contributed by atoms with Crippen LogP contribution >= 0.6 is 0 Å². The van der Waals surface area contributed by atoms with Gasteiger partial charge in [0.25, 0.3) is 0 Å². The Morgan fingerprint density at radius 3 is 2.69 bits per heavy atom. The number of carbonyl (C=O) groups excluding carboxylic acids is 1. The Hall–Kier alpha value is -0.570. The number of carbonyl (C=O) groups is 1. The van der Waals surface area contributed by atoms with Crippen LogP contribution in [-0.2, 0) is 9.53 Å². The molecule has 76 valence electrons. The molecule has 1 aliphatic rings. The summed E-state index contributed by atoms with van der Waals surface area (Å²) in [6, 6.07) is 0. The molecule has 0 heterocycles. The zero-order valence-corrected chi connectivity index (χ0v) is 8.29. The predicted octanol–water partition coefficient (Wildman–Crippen LogP) is 1.46. The van der Waals surface area contributed by atoms with Crippen molar-refractivity contribution in [3.05, 3.63) is 0 Å². The van der Waals surface area contributed by atoms with E-state index in [0.29, 0.717) is 6.54 Å². The van der Waals surface area contributed by atoms with Gasteiger partial charge in [-0.25, -0.2) is 0 Å². The molecule has 0 aromatic heterocycles. The van der Waals surface area contributed by atoms with Crippen LogP contribution < -0.4 is 5.73 Å². The molecule has 1 atom stereocenters. The van der Waals surface area contributed by atoms with Gasteiger partial charge in [0.1, 0.15) is 6.10 Å². The van der Waals surface area contributed by atoms with Crippen LogP contribution in [0, 0.1) is 5.92 Å². The molecule has 3 heteroatoms. The summed E-state index contributed by atoms with van der Waals surface area (Å²) < 4.78 is 5.27. The summed E-state index contributed by atoms with van der Waals surface area (Å²) in [7, 11) is 0. The first-order valence-electron chi connectivity index (χ1n) is 5.18. The minimum Gasteiger partial charge on any atom is -0.462 e. The summed E-state index contributed by atoms with van der Waals surface area (Å²) in [4.78, 5) is 11.5. The summed E-state index contributed by atoms with van der Waals surface area (Å²) in [5.41, 5.74) is 5.49. The highest BCUT2D eigenvalue weighted by Crippen LogP contribution is 2.23. The van der Waals surface area contributed by atoms with E-state index >= 15 is 0 Å². The van der Waals surface area contributed by atoms with Crippen LogP contribution in [0.2, 0.25) is 0 Å². The lowest BCUT2D eigenvalue weighted by molar-refractivity contribution is -0.157. The first kappa shape index (κ1) is 10.5. The summed E-state index contributed by atoms with van der Waals surface area (Å²) in [6.07, 6.45) is 5.30. The van der Waals surface area contributed by atoms with Gasteiger partial charge in [-0.15, -0.1) is 0 Å². The van der Waals surface area contributed by atoms with Gasteiger partial charge in [-0.3, -0.25) is 4.79 Å². The molecular formula is C10H19NO2. The Morgan fingerprint density at radius 2 is 2.31 bits per heavy atom. The Morgan fingerprint density at radius 1 is 1.62 bits per heavy atom. The van der Waals surface area contributed by atoms with Crippen molar-refractivity contribution < 1.29 is 9.53 Å². The van der Waals surface area contributed by atoms with Gasteiger partial charge in [0.2, 0.25) is 0 Å². The van der Waals surface area contributed by atoms with Gasteiger partial charge >= 0.3 is 5.97 Å². The maximum atomic E-state index is 11.5. The van der Waals surface area contributed by atoms with Crippen LogP contribution in [0.15, 0.2) is 0 Å². The molecule has 0 aliphatic heterocycles. The molecule has 13 heavy (non-hydrogen) atoms. The highest BCUT2D eigenvalue weighted by Gasteiger charge is 2.25. The van der Waals surface area contributed by atoms with Crippen molar-refractivity contribution in [2.45, 2.75) is 45.1 Å². The van der Waals surface area contributed by atoms with Crippen molar-refractivity contribution in [2.75, 3.05) is 6.54 Å². The van der Waals surface area contributed by atoms with E-state index in [-0.39, 0.29) is 18.0 Å².